The Morgan fingerprint density at radius 3 is 2.76 bits per heavy atom. The van der Waals surface area contributed by atoms with Gasteiger partial charge in [-0.3, -0.25) is 0 Å². The first-order chi connectivity index (χ1) is 8.16. The molecule has 0 radical (unpaired) electrons. The van der Waals surface area contributed by atoms with E-state index in [0.717, 1.165) is 4.47 Å². The number of hydrogen-bond donors (Lipinski definition) is 1. The third-order valence-electron chi connectivity index (χ3n) is 1.88. The van der Waals surface area contributed by atoms with Crippen molar-refractivity contribution in [3.8, 4) is 11.6 Å². The summed E-state index contributed by atoms with van der Waals surface area (Å²) in [6, 6.07) is 7.02. The Bertz CT molecular complexity index is 560. The van der Waals surface area contributed by atoms with Gasteiger partial charge in [0.25, 0.3) is 5.88 Å². The van der Waals surface area contributed by atoms with E-state index in [1.165, 1.54) is 12.4 Å². The van der Waals surface area contributed by atoms with E-state index in [2.05, 4.69) is 25.9 Å². The molecule has 1 heterocycles. The Morgan fingerprint density at radius 1 is 1.29 bits per heavy atom. The molecule has 2 rings (SSSR count). The minimum atomic E-state index is -1.18. The van der Waals surface area contributed by atoms with Gasteiger partial charge in [-0.25, -0.2) is 14.8 Å². The highest BCUT2D eigenvalue weighted by molar-refractivity contribution is 9.10. The molecule has 0 atom stereocenters. The lowest BCUT2D eigenvalue weighted by atomic mass is 10.3. The van der Waals surface area contributed by atoms with Crippen molar-refractivity contribution in [1.82, 2.24) is 9.97 Å². The summed E-state index contributed by atoms with van der Waals surface area (Å²) in [4.78, 5) is 18.4. The Labute approximate surface area is 105 Å². The summed E-state index contributed by atoms with van der Waals surface area (Å²) in [5.41, 5.74) is -0.215. The molecule has 6 heteroatoms. The highest BCUT2D eigenvalue weighted by Crippen LogP contribution is 2.24. The zero-order valence-corrected chi connectivity index (χ0v) is 10.1. The van der Waals surface area contributed by atoms with Gasteiger partial charge in [0.1, 0.15) is 5.75 Å². The standard InChI is InChI=1S/C11H7BrN2O3/c12-7-2-1-3-8(6-7)17-10-9(11(15)16)13-4-5-14-10/h1-6H,(H,15,16). The van der Waals surface area contributed by atoms with Gasteiger partial charge in [0, 0.05) is 16.9 Å². The molecule has 0 saturated carbocycles. The summed E-state index contributed by atoms with van der Waals surface area (Å²) < 4.78 is 6.20. The quantitative estimate of drug-likeness (QED) is 0.942. The summed E-state index contributed by atoms with van der Waals surface area (Å²) in [5.74, 6) is -0.719. The van der Waals surface area contributed by atoms with E-state index < -0.39 is 5.97 Å². The minimum Gasteiger partial charge on any atom is -0.476 e. The maximum absolute atomic E-state index is 10.9. The lowest BCUT2D eigenvalue weighted by Crippen LogP contribution is -2.04. The van der Waals surface area contributed by atoms with Crippen LogP contribution in [0.1, 0.15) is 10.5 Å². The summed E-state index contributed by atoms with van der Waals surface area (Å²) in [6.07, 6.45) is 2.68. The van der Waals surface area contributed by atoms with Crippen molar-refractivity contribution in [2.24, 2.45) is 0 Å². The van der Waals surface area contributed by atoms with Crippen molar-refractivity contribution in [2.75, 3.05) is 0 Å². The number of carbonyl (C=O) groups is 1. The van der Waals surface area contributed by atoms with Crippen molar-refractivity contribution in [1.29, 1.82) is 0 Å². The second-order valence-electron chi connectivity index (χ2n) is 3.07. The van der Waals surface area contributed by atoms with E-state index in [4.69, 9.17) is 9.84 Å². The number of nitrogens with zero attached hydrogens (tertiary/aromatic N) is 2. The van der Waals surface area contributed by atoms with Crippen LogP contribution < -0.4 is 4.74 Å². The molecule has 0 saturated heterocycles. The van der Waals surface area contributed by atoms with E-state index >= 15 is 0 Å². The molecule has 0 spiro atoms. The first-order valence-corrected chi connectivity index (χ1v) is 5.44. The zero-order valence-electron chi connectivity index (χ0n) is 8.50. The van der Waals surface area contributed by atoms with Crippen molar-refractivity contribution in [3.05, 3.63) is 46.8 Å². The Hall–Kier alpha value is -1.95. The normalized spacial score (nSPS) is 9.94. The molecule has 17 heavy (non-hydrogen) atoms. The van der Waals surface area contributed by atoms with Crippen molar-refractivity contribution in [2.45, 2.75) is 0 Å². The van der Waals surface area contributed by atoms with Crippen LogP contribution in [-0.2, 0) is 0 Å². The molecule has 0 aliphatic rings. The largest absolute Gasteiger partial charge is 0.476 e. The van der Waals surface area contributed by atoms with Gasteiger partial charge in [-0.15, -0.1) is 0 Å². The average Bonchev–Trinajstić information content (AvgIpc) is 2.29. The molecule has 1 N–H and O–H groups in total. The number of carboxylic acids is 1. The highest BCUT2D eigenvalue weighted by atomic mass is 79.9. The van der Waals surface area contributed by atoms with Crippen LogP contribution in [0.5, 0.6) is 11.6 Å². The molecule has 0 unspecified atom stereocenters. The van der Waals surface area contributed by atoms with Crippen LogP contribution in [0.25, 0.3) is 0 Å². The second kappa shape index (κ2) is 4.92. The van der Waals surface area contributed by atoms with Crippen LogP contribution in [0.3, 0.4) is 0 Å². The van der Waals surface area contributed by atoms with Crippen LogP contribution in [0.2, 0.25) is 0 Å². The molecule has 0 amide bonds. The highest BCUT2D eigenvalue weighted by Gasteiger charge is 2.14. The summed E-state index contributed by atoms with van der Waals surface area (Å²) in [7, 11) is 0. The Kier molecular flexibility index (Phi) is 3.34. The minimum absolute atomic E-state index is 0.0295. The number of aromatic carboxylic acids is 1. The van der Waals surface area contributed by atoms with Gasteiger partial charge in [-0.2, -0.15) is 0 Å². The van der Waals surface area contributed by atoms with E-state index in [1.807, 2.05) is 6.07 Å². The Morgan fingerprint density at radius 2 is 2.06 bits per heavy atom. The summed E-state index contributed by atoms with van der Waals surface area (Å²) >= 11 is 3.29. The van der Waals surface area contributed by atoms with E-state index in [1.54, 1.807) is 18.2 Å². The topological polar surface area (TPSA) is 72.3 Å². The zero-order chi connectivity index (χ0) is 12.3. The third-order valence-corrected chi connectivity index (χ3v) is 2.37. The molecule has 1 aromatic carbocycles. The van der Waals surface area contributed by atoms with Crippen LogP contribution >= 0.6 is 15.9 Å². The van der Waals surface area contributed by atoms with Gasteiger partial charge in [0.2, 0.25) is 5.69 Å². The maximum atomic E-state index is 10.9. The van der Waals surface area contributed by atoms with Gasteiger partial charge < -0.3 is 9.84 Å². The fourth-order valence-corrected chi connectivity index (χ4v) is 1.57. The first kappa shape index (κ1) is 11.5. The number of rotatable bonds is 3. The number of benzene rings is 1. The molecule has 86 valence electrons. The molecule has 0 bridgehead atoms. The monoisotopic (exact) mass is 294 g/mol. The summed E-state index contributed by atoms with van der Waals surface area (Å²) in [5, 5.41) is 8.91. The van der Waals surface area contributed by atoms with Crippen molar-refractivity contribution in [3.63, 3.8) is 0 Å². The fourth-order valence-electron chi connectivity index (χ4n) is 1.19. The third kappa shape index (κ3) is 2.79. The van der Waals surface area contributed by atoms with Crippen LogP contribution in [0.4, 0.5) is 0 Å². The van der Waals surface area contributed by atoms with Gasteiger partial charge in [-0.05, 0) is 18.2 Å². The number of hydrogen-bond acceptors (Lipinski definition) is 4. The van der Waals surface area contributed by atoms with Crippen LogP contribution in [-0.4, -0.2) is 21.0 Å². The number of carboxylic acid groups (broad SMARTS) is 1. The molecule has 0 aliphatic heterocycles. The van der Waals surface area contributed by atoms with Crippen molar-refractivity contribution < 1.29 is 14.6 Å². The number of halogens is 1. The lowest BCUT2D eigenvalue weighted by Gasteiger charge is -2.06. The fraction of sp³-hybridized carbons (Fsp3) is 0. The van der Waals surface area contributed by atoms with Gasteiger partial charge in [0.05, 0.1) is 0 Å². The predicted octanol–water partition coefficient (Wildman–Crippen LogP) is 2.73. The lowest BCUT2D eigenvalue weighted by molar-refractivity contribution is 0.0686. The smallest absolute Gasteiger partial charge is 0.360 e. The summed E-state index contributed by atoms with van der Waals surface area (Å²) in [6.45, 7) is 0. The first-order valence-electron chi connectivity index (χ1n) is 4.64. The molecule has 0 fully saturated rings. The van der Waals surface area contributed by atoms with E-state index in [0.29, 0.717) is 5.75 Å². The molecule has 5 nitrogen and oxygen atoms in total. The van der Waals surface area contributed by atoms with Gasteiger partial charge >= 0.3 is 5.97 Å². The molecular weight excluding hydrogens is 288 g/mol. The predicted molar refractivity (Wildman–Crippen MR) is 63.2 cm³/mol. The maximum Gasteiger partial charge on any atom is 0.360 e. The molecule has 2 aromatic rings. The van der Waals surface area contributed by atoms with E-state index in [9.17, 15) is 4.79 Å². The van der Waals surface area contributed by atoms with E-state index in [-0.39, 0.29) is 11.6 Å². The Balaban J connectivity index is 2.33. The molecule has 1 aromatic heterocycles. The molecular formula is C11H7BrN2O3. The molecule has 0 aliphatic carbocycles. The van der Waals surface area contributed by atoms with Gasteiger partial charge in [-0.1, -0.05) is 22.0 Å². The number of aromatic nitrogens is 2. The number of ether oxygens (including phenoxy) is 1. The SMILES string of the molecule is O=C(O)c1nccnc1Oc1cccc(Br)c1. The van der Waals surface area contributed by atoms with Crippen LogP contribution in [0.15, 0.2) is 41.1 Å². The second-order valence-corrected chi connectivity index (χ2v) is 3.99. The van der Waals surface area contributed by atoms with Crippen LogP contribution in [0, 0.1) is 0 Å². The van der Waals surface area contributed by atoms with Crippen molar-refractivity contribution >= 4 is 21.9 Å². The van der Waals surface area contributed by atoms with Gasteiger partial charge in [0.15, 0.2) is 0 Å². The average molecular weight is 295 g/mol.